The molecule has 0 aliphatic heterocycles. The van der Waals surface area contributed by atoms with Crippen LogP contribution in [0.5, 0.6) is 0 Å². The first-order chi connectivity index (χ1) is 9.24. The van der Waals surface area contributed by atoms with Gasteiger partial charge in [-0.2, -0.15) is 0 Å². The molecule has 7 heteroatoms. The fraction of sp³-hybridized carbons (Fsp3) is 0.385. The average molecular weight is 358 g/mol. The first kappa shape index (κ1) is 17.2. The van der Waals surface area contributed by atoms with E-state index in [4.69, 9.17) is 9.83 Å². The van der Waals surface area contributed by atoms with Gasteiger partial charge in [0, 0.05) is 0 Å². The molecule has 0 aromatic heterocycles. The van der Waals surface area contributed by atoms with Crippen molar-refractivity contribution in [1.82, 2.24) is 0 Å². The number of thiol groups is 1. The topological polar surface area (TPSA) is 92.4 Å². The predicted molar refractivity (Wildman–Crippen MR) is 84.7 cm³/mol. The molecule has 0 radical (unpaired) electrons. The molecule has 1 aromatic rings. The van der Waals surface area contributed by atoms with Gasteiger partial charge in [-0.1, -0.05) is 0 Å². The molecular formula is C13H19AsN2O3S. The molecule has 0 aliphatic carbocycles. The van der Waals surface area contributed by atoms with Crippen molar-refractivity contribution in [1.29, 1.82) is 0 Å². The molecule has 0 saturated carbocycles. The number of carbonyl (C=O) groups is 2. The van der Waals surface area contributed by atoms with E-state index in [9.17, 15) is 9.59 Å². The van der Waals surface area contributed by atoms with Crippen LogP contribution >= 0.6 is 12.6 Å². The number of hydrogen-bond donors (Lipinski definition) is 4. The number of rotatable bonds is 6. The summed E-state index contributed by atoms with van der Waals surface area (Å²) in [5, 5.41) is 2.62. The molecule has 0 heterocycles. The van der Waals surface area contributed by atoms with E-state index in [0.29, 0.717) is 5.69 Å². The summed E-state index contributed by atoms with van der Waals surface area (Å²) >= 11 is 3.16. The number of amides is 1. The van der Waals surface area contributed by atoms with E-state index in [1.165, 1.54) is 0 Å². The van der Waals surface area contributed by atoms with Gasteiger partial charge in [-0.3, -0.25) is 0 Å². The molecule has 0 spiro atoms. The Kier molecular flexibility index (Phi) is 6.27. The van der Waals surface area contributed by atoms with Crippen LogP contribution in [0.25, 0.3) is 0 Å². The molecule has 4 N–H and O–H groups in total. The summed E-state index contributed by atoms with van der Waals surface area (Å²) in [6, 6.07) is 6.10. The van der Waals surface area contributed by atoms with E-state index >= 15 is 0 Å². The Morgan fingerprint density at radius 3 is 2.40 bits per heavy atom. The summed E-state index contributed by atoms with van der Waals surface area (Å²) in [4.78, 5) is 23.6. The van der Waals surface area contributed by atoms with Crippen molar-refractivity contribution in [3.63, 3.8) is 0 Å². The monoisotopic (exact) mass is 358 g/mol. The quantitative estimate of drug-likeness (QED) is 0.316. The molecular weight excluding hydrogens is 339 g/mol. The minimum absolute atomic E-state index is 0.277. The fourth-order valence-corrected chi connectivity index (χ4v) is 2.30. The third-order valence-electron chi connectivity index (χ3n) is 2.74. The summed E-state index contributed by atoms with van der Waals surface area (Å²) in [6.45, 7) is 3.46. The van der Waals surface area contributed by atoms with Crippen LogP contribution in [0.2, 0.25) is 0 Å². The van der Waals surface area contributed by atoms with Gasteiger partial charge in [0.15, 0.2) is 0 Å². The first-order valence-corrected chi connectivity index (χ1v) is 8.48. The number of nitrogens with one attached hydrogen (secondary N) is 1. The van der Waals surface area contributed by atoms with Gasteiger partial charge in [0.2, 0.25) is 0 Å². The SMILES string of the molecule is CC(C)(S)[C@@H](N)C(=O)CC(=O)Nc1ccc([AsH]O)cc1. The maximum absolute atomic E-state index is 11.8. The van der Waals surface area contributed by atoms with Crippen molar-refractivity contribution < 1.29 is 13.7 Å². The number of benzene rings is 1. The van der Waals surface area contributed by atoms with Crippen LogP contribution in [0.1, 0.15) is 20.3 Å². The van der Waals surface area contributed by atoms with Crippen LogP contribution in [-0.4, -0.2) is 42.7 Å². The molecule has 110 valence electrons. The average Bonchev–Trinajstić information content (AvgIpc) is 2.37. The molecule has 1 aromatic carbocycles. The molecule has 5 nitrogen and oxygen atoms in total. The fourth-order valence-electron chi connectivity index (χ4n) is 1.50. The predicted octanol–water partition coefficient (Wildman–Crippen LogP) is -0.411. The van der Waals surface area contributed by atoms with Crippen molar-refractivity contribution in [2.75, 3.05) is 5.32 Å². The van der Waals surface area contributed by atoms with Crippen LogP contribution in [0.4, 0.5) is 5.69 Å². The van der Waals surface area contributed by atoms with E-state index in [1.807, 2.05) is 0 Å². The Bertz CT molecular complexity index is 485. The normalized spacial score (nSPS) is 13.4. The number of hydrogen-bond acceptors (Lipinski definition) is 5. The minimum atomic E-state index is -1.08. The molecule has 1 rings (SSSR count). The molecule has 0 bridgehead atoms. The summed E-state index contributed by atoms with van der Waals surface area (Å²) in [5.41, 5.74) is 6.33. The molecule has 1 unspecified atom stereocenters. The van der Waals surface area contributed by atoms with Crippen molar-refractivity contribution in [2.45, 2.75) is 31.1 Å². The Balaban J connectivity index is 2.57. The van der Waals surface area contributed by atoms with Gasteiger partial charge < -0.3 is 0 Å². The molecule has 2 atom stereocenters. The van der Waals surface area contributed by atoms with Crippen LogP contribution < -0.4 is 15.4 Å². The zero-order valence-electron chi connectivity index (χ0n) is 11.4. The van der Waals surface area contributed by atoms with E-state index in [0.717, 1.165) is 4.35 Å². The summed E-state index contributed by atoms with van der Waals surface area (Å²) in [5.74, 6) is -0.753. The standard InChI is InChI=1S/C13H19AsN2O3S/c1-13(2,20)12(15)10(17)7-11(18)16-9-5-3-8(14-19)4-6-9/h3-6,12,14,19-20H,7,15H2,1-2H3,(H,16,18)/t12-/m0/s1. The van der Waals surface area contributed by atoms with Gasteiger partial charge in [-0.15, -0.1) is 0 Å². The second-order valence-corrected chi connectivity index (χ2v) is 7.84. The van der Waals surface area contributed by atoms with E-state index in [-0.39, 0.29) is 12.2 Å². The Morgan fingerprint density at radius 1 is 1.40 bits per heavy atom. The van der Waals surface area contributed by atoms with Gasteiger partial charge in [-0.25, -0.2) is 0 Å². The molecule has 20 heavy (non-hydrogen) atoms. The third-order valence-corrected chi connectivity index (χ3v) is 4.26. The van der Waals surface area contributed by atoms with Crippen LogP contribution in [0.15, 0.2) is 24.3 Å². The maximum atomic E-state index is 11.8. The number of Topliss-reactive ketones (excluding diaryl/α,β-unsaturated/α-hetero) is 1. The van der Waals surface area contributed by atoms with E-state index < -0.39 is 32.8 Å². The van der Waals surface area contributed by atoms with Crippen molar-refractivity contribution in [3.8, 4) is 0 Å². The van der Waals surface area contributed by atoms with Crippen molar-refractivity contribution >= 4 is 50.5 Å². The van der Waals surface area contributed by atoms with Gasteiger partial charge in [0.25, 0.3) is 0 Å². The van der Waals surface area contributed by atoms with Gasteiger partial charge in [-0.05, 0) is 0 Å². The van der Waals surface area contributed by atoms with E-state index in [1.54, 1.807) is 38.1 Å². The first-order valence-electron chi connectivity index (χ1n) is 6.04. The number of carbonyl (C=O) groups excluding carboxylic acids is 2. The number of ketones is 1. The molecule has 1 amide bonds. The van der Waals surface area contributed by atoms with Crippen LogP contribution in [0, 0.1) is 0 Å². The van der Waals surface area contributed by atoms with Gasteiger partial charge >= 0.3 is 131 Å². The van der Waals surface area contributed by atoms with Gasteiger partial charge in [0.05, 0.1) is 0 Å². The number of anilines is 1. The van der Waals surface area contributed by atoms with Crippen molar-refractivity contribution in [3.05, 3.63) is 24.3 Å². The molecule has 0 fully saturated rings. The zero-order valence-corrected chi connectivity index (χ0v) is 14.4. The molecule has 0 aliphatic rings. The molecule has 0 saturated heterocycles. The Morgan fingerprint density at radius 2 is 1.95 bits per heavy atom. The van der Waals surface area contributed by atoms with Crippen LogP contribution in [-0.2, 0) is 9.59 Å². The van der Waals surface area contributed by atoms with Gasteiger partial charge in [0.1, 0.15) is 0 Å². The van der Waals surface area contributed by atoms with Crippen molar-refractivity contribution in [2.24, 2.45) is 5.73 Å². The number of nitrogens with two attached hydrogens (primary N) is 1. The Hall–Kier alpha value is -0.812. The Labute approximate surface area is 130 Å². The summed E-state index contributed by atoms with van der Waals surface area (Å²) < 4.78 is 9.25. The summed E-state index contributed by atoms with van der Waals surface area (Å²) in [7, 11) is 0. The van der Waals surface area contributed by atoms with E-state index in [2.05, 4.69) is 17.9 Å². The van der Waals surface area contributed by atoms with Crippen LogP contribution in [0.3, 0.4) is 0 Å². The second-order valence-electron chi connectivity index (χ2n) is 5.01. The summed E-state index contributed by atoms with van der Waals surface area (Å²) in [6.07, 6.45) is -0.277. The zero-order chi connectivity index (χ0) is 15.3. The second kappa shape index (κ2) is 7.27. The third kappa shape index (κ3) is 5.29.